The Bertz CT molecular complexity index is 204. The van der Waals surface area contributed by atoms with Gasteiger partial charge in [0.1, 0.15) is 0 Å². The SMILES string of the molecule is CCCNC1CCN(C2CCOC2)C(C)C1. The lowest BCUT2D eigenvalue weighted by Gasteiger charge is -2.41. The molecule has 3 unspecified atom stereocenters. The van der Waals surface area contributed by atoms with E-state index < -0.39 is 0 Å². The Kier molecular flexibility index (Phi) is 4.62. The van der Waals surface area contributed by atoms with E-state index in [4.69, 9.17) is 4.74 Å². The van der Waals surface area contributed by atoms with Crippen LogP contribution >= 0.6 is 0 Å². The average molecular weight is 226 g/mol. The van der Waals surface area contributed by atoms with Gasteiger partial charge in [-0.2, -0.15) is 0 Å². The maximum absolute atomic E-state index is 5.49. The Labute approximate surface area is 99.5 Å². The first-order chi connectivity index (χ1) is 7.81. The minimum Gasteiger partial charge on any atom is -0.380 e. The van der Waals surface area contributed by atoms with Crippen LogP contribution in [0.1, 0.15) is 39.5 Å². The van der Waals surface area contributed by atoms with Crippen LogP contribution in [-0.2, 0) is 4.74 Å². The van der Waals surface area contributed by atoms with E-state index >= 15 is 0 Å². The summed E-state index contributed by atoms with van der Waals surface area (Å²) in [4.78, 5) is 2.66. The topological polar surface area (TPSA) is 24.5 Å². The summed E-state index contributed by atoms with van der Waals surface area (Å²) in [6.45, 7) is 8.95. The van der Waals surface area contributed by atoms with Gasteiger partial charge in [0.05, 0.1) is 6.61 Å². The Balaban J connectivity index is 1.78. The zero-order chi connectivity index (χ0) is 11.4. The third-order valence-corrected chi connectivity index (χ3v) is 3.99. The molecule has 2 saturated heterocycles. The molecule has 0 aromatic carbocycles. The molecule has 2 heterocycles. The predicted octanol–water partition coefficient (Wildman–Crippen LogP) is 1.63. The first-order valence-corrected chi connectivity index (χ1v) is 6.88. The van der Waals surface area contributed by atoms with Gasteiger partial charge >= 0.3 is 0 Å². The van der Waals surface area contributed by atoms with Crippen LogP contribution in [0.15, 0.2) is 0 Å². The van der Waals surface area contributed by atoms with Crippen molar-refractivity contribution in [3.63, 3.8) is 0 Å². The van der Waals surface area contributed by atoms with E-state index in [1.54, 1.807) is 0 Å². The Morgan fingerprint density at radius 3 is 2.88 bits per heavy atom. The zero-order valence-corrected chi connectivity index (χ0v) is 10.7. The summed E-state index contributed by atoms with van der Waals surface area (Å²) in [7, 11) is 0. The van der Waals surface area contributed by atoms with E-state index in [2.05, 4.69) is 24.1 Å². The van der Waals surface area contributed by atoms with Crippen molar-refractivity contribution in [3.05, 3.63) is 0 Å². The minimum absolute atomic E-state index is 0.696. The standard InChI is InChI=1S/C13H26N2O/c1-3-6-14-12-4-7-15(11(2)9-12)13-5-8-16-10-13/h11-14H,3-10H2,1-2H3. The van der Waals surface area contributed by atoms with Gasteiger partial charge in [-0.1, -0.05) is 6.92 Å². The number of hydrogen-bond donors (Lipinski definition) is 1. The van der Waals surface area contributed by atoms with Crippen LogP contribution in [0.5, 0.6) is 0 Å². The van der Waals surface area contributed by atoms with Crippen LogP contribution < -0.4 is 5.32 Å². The van der Waals surface area contributed by atoms with Crippen LogP contribution in [0.3, 0.4) is 0 Å². The van der Waals surface area contributed by atoms with Gasteiger partial charge in [0.25, 0.3) is 0 Å². The fraction of sp³-hybridized carbons (Fsp3) is 1.00. The quantitative estimate of drug-likeness (QED) is 0.788. The third-order valence-electron chi connectivity index (χ3n) is 3.99. The Hall–Kier alpha value is -0.120. The molecule has 2 aliphatic heterocycles. The third kappa shape index (κ3) is 2.96. The minimum atomic E-state index is 0.696. The van der Waals surface area contributed by atoms with Crippen LogP contribution in [0.4, 0.5) is 0 Å². The van der Waals surface area contributed by atoms with Crippen molar-refractivity contribution in [3.8, 4) is 0 Å². The van der Waals surface area contributed by atoms with Gasteiger partial charge in [-0.25, -0.2) is 0 Å². The Morgan fingerprint density at radius 1 is 1.38 bits per heavy atom. The summed E-state index contributed by atoms with van der Waals surface area (Å²) in [5.74, 6) is 0. The fourth-order valence-corrected chi connectivity index (χ4v) is 3.05. The number of rotatable bonds is 4. The highest BCUT2D eigenvalue weighted by Gasteiger charge is 2.31. The number of ether oxygens (including phenoxy) is 1. The molecule has 94 valence electrons. The summed E-state index contributed by atoms with van der Waals surface area (Å²) >= 11 is 0. The van der Waals surface area contributed by atoms with Crippen molar-refractivity contribution in [2.24, 2.45) is 0 Å². The molecule has 0 radical (unpaired) electrons. The van der Waals surface area contributed by atoms with Gasteiger partial charge in [0.2, 0.25) is 0 Å². The average Bonchev–Trinajstić information content (AvgIpc) is 2.80. The molecule has 0 saturated carbocycles. The summed E-state index contributed by atoms with van der Waals surface area (Å²) in [6.07, 6.45) is 5.08. The van der Waals surface area contributed by atoms with Crippen LogP contribution in [-0.4, -0.2) is 49.3 Å². The molecule has 2 rings (SSSR count). The van der Waals surface area contributed by atoms with Crippen LogP contribution in [0.25, 0.3) is 0 Å². The second-order valence-corrected chi connectivity index (χ2v) is 5.28. The second-order valence-electron chi connectivity index (χ2n) is 5.28. The van der Waals surface area contributed by atoms with Crippen molar-refractivity contribution in [1.82, 2.24) is 10.2 Å². The molecular weight excluding hydrogens is 200 g/mol. The van der Waals surface area contributed by atoms with Crippen molar-refractivity contribution in [2.75, 3.05) is 26.3 Å². The maximum atomic E-state index is 5.49. The van der Waals surface area contributed by atoms with E-state index in [0.717, 1.165) is 25.3 Å². The monoisotopic (exact) mass is 226 g/mol. The molecule has 3 heteroatoms. The van der Waals surface area contributed by atoms with Crippen LogP contribution in [0.2, 0.25) is 0 Å². The molecule has 3 atom stereocenters. The highest BCUT2D eigenvalue weighted by atomic mass is 16.5. The van der Waals surface area contributed by atoms with Gasteiger partial charge in [0, 0.05) is 31.3 Å². The molecule has 0 aliphatic carbocycles. The normalized spacial score (nSPS) is 36.8. The molecular formula is C13H26N2O. The number of nitrogens with zero attached hydrogens (tertiary/aromatic N) is 1. The highest BCUT2D eigenvalue weighted by molar-refractivity contribution is 4.88. The maximum Gasteiger partial charge on any atom is 0.0622 e. The zero-order valence-electron chi connectivity index (χ0n) is 10.7. The van der Waals surface area contributed by atoms with E-state index in [9.17, 15) is 0 Å². The Morgan fingerprint density at radius 2 is 2.25 bits per heavy atom. The first-order valence-electron chi connectivity index (χ1n) is 6.88. The number of piperidine rings is 1. The number of nitrogens with one attached hydrogen (secondary N) is 1. The molecule has 1 N–H and O–H groups in total. The van der Waals surface area contributed by atoms with Gasteiger partial charge in [-0.15, -0.1) is 0 Å². The van der Waals surface area contributed by atoms with E-state index in [0.29, 0.717) is 6.04 Å². The lowest BCUT2D eigenvalue weighted by atomic mass is 9.96. The van der Waals surface area contributed by atoms with E-state index in [1.165, 1.54) is 38.8 Å². The van der Waals surface area contributed by atoms with Crippen molar-refractivity contribution in [2.45, 2.75) is 57.7 Å². The van der Waals surface area contributed by atoms with E-state index in [1.807, 2.05) is 0 Å². The van der Waals surface area contributed by atoms with Crippen molar-refractivity contribution < 1.29 is 4.74 Å². The molecule has 0 bridgehead atoms. The van der Waals surface area contributed by atoms with Crippen LogP contribution in [0, 0.1) is 0 Å². The molecule has 0 spiro atoms. The van der Waals surface area contributed by atoms with E-state index in [-0.39, 0.29) is 0 Å². The molecule has 2 fully saturated rings. The first kappa shape index (κ1) is 12.3. The van der Waals surface area contributed by atoms with Gasteiger partial charge in [-0.3, -0.25) is 4.90 Å². The lowest BCUT2D eigenvalue weighted by molar-refractivity contribution is 0.0757. The van der Waals surface area contributed by atoms with Crippen molar-refractivity contribution >= 4 is 0 Å². The predicted molar refractivity (Wildman–Crippen MR) is 66.7 cm³/mol. The lowest BCUT2D eigenvalue weighted by Crippen LogP contribution is -2.51. The molecule has 3 nitrogen and oxygen atoms in total. The summed E-state index contributed by atoms with van der Waals surface area (Å²) in [5.41, 5.74) is 0. The van der Waals surface area contributed by atoms with Gasteiger partial charge in [-0.05, 0) is 39.2 Å². The van der Waals surface area contributed by atoms with Gasteiger partial charge < -0.3 is 10.1 Å². The molecule has 0 aromatic heterocycles. The molecule has 0 amide bonds. The van der Waals surface area contributed by atoms with Crippen molar-refractivity contribution in [1.29, 1.82) is 0 Å². The number of likely N-dealkylation sites (tertiary alicyclic amines) is 1. The fourth-order valence-electron chi connectivity index (χ4n) is 3.05. The summed E-state index contributed by atoms with van der Waals surface area (Å²) in [6, 6.07) is 2.16. The molecule has 0 aromatic rings. The second kappa shape index (κ2) is 5.99. The summed E-state index contributed by atoms with van der Waals surface area (Å²) < 4.78 is 5.49. The van der Waals surface area contributed by atoms with Gasteiger partial charge in [0.15, 0.2) is 0 Å². The summed E-state index contributed by atoms with van der Waals surface area (Å²) in [5, 5.41) is 3.65. The number of hydrogen-bond acceptors (Lipinski definition) is 3. The smallest absolute Gasteiger partial charge is 0.0622 e. The molecule has 2 aliphatic rings. The largest absolute Gasteiger partial charge is 0.380 e. The highest BCUT2D eigenvalue weighted by Crippen LogP contribution is 2.23. The molecule has 16 heavy (non-hydrogen) atoms.